The first kappa shape index (κ1) is 11.2. The van der Waals surface area contributed by atoms with E-state index in [1.807, 2.05) is 13.0 Å². The van der Waals surface area contributed by atoms with Gasteiger partial charge in [-0.1, -0.05) is 23.7 Å². The lowest BCUT2D eigenvalue weighted by Gasteiger charge is -2.12. The predicted octanol–water partition coefficient (Wildman–Crippen LogP) is 3.32. The molecule has 0 saturated carbocycles. The number of benzene rings is 1. The zero-order valence-corrected chi connectivity index (χ0v) is 8.81. The Morgan fingerprint density at radius 3 is 2.93 bits per heavy atom. The Labute approximate surface area is 88.6 Å². The highest BCUT2D eigenvalue weighted by Crippen LogP contribution is 2.19. The van der Waals surface area contributed by atoms with Crippen molar-refractivity contribution in [1.82, 2.24) is 5.32 Å². The maximum Gasteiger partial charge on any atom is 0.142 e. The fourth-order valence-electron chi connectivity index (χ4n) is 1.16. The van der Waals surface area contributed by atoms with E-state index in [4.69, 9.17) is 11.6 Å². The molecule has 1 atom stereocenters. The molecular formula is C11H13ClFN. The van der Waals surface area contributed by atoms with Crippen LogP contribution in [0.1, 0.15) is 18.5 Å². The van der Waals surface area contributed by atoms with Gasteiger partial charge in [-0.2, -0.15) is 0 Å². The molecule has 0 spiro atoms. The van der Waals surface area contributed by atoms with E-state index in [1.54, 1.807) is 12.1 Å². The van der Waals surface area contributed by atoms with Crippen molar-refractivity contribution in [3.05, 3.63) is 47.3 Å². The lowest BCUT2D eigenvalue weighted by atomic mass is 10.1. The summed E-state index contributed by atoms with van der Waals surface area (Å²) in [4.78, 5) is 0. The Kier molecular flexibility index (Phi) is 4.11. The van der Waals surface area contributed by atoms with E-state index in [0.717, 1.165) is 5.56 Å². The third-order valence-corrected chi connectivity index (χ3v) is 2.32. The van der Waals surface area contributed by atoms with E-state index >= 15 is 0 Å². The second kappa shape index (κ2) is 5.13. The van der Waals surface area contributed by atoms with E-state index in [-0.39, 0.29) is 16.9 Å². The zero-order chi connectivity index (χ0) is 10.6. The Morgan fingerprint density at radius 2 is 2.36 bits per heavy atom. The molecular weight excluding hydrogens is 201 g/mol. The summed E-state index contributed by atoms with van der Waals surface area (Å²) in [6, 6.07) is 4.92. The molecule has 0 heterocycles. The number of rotatable bonds is 4. The standard InChI is InChI=1S/C11H13ClFN/c1-3-6-14-8(2)9-4-5-10(12)11(13)7-9/h3-5,7-8,14H,1,6H2,2H3. The molecule has 0 bridgehead atoms. The summed E-state index contributed by atoms with van der Waals surface area (Å²) in [7, 11) is 0. The maximum atomic E-state index is 13.1. The smallest absolute Gasteiger partial charge is 0.142 e. The van der Waals surface area contributed by atoms with E-state index < -0.39 is 0 Å². The second-order valence-electron chi connectivity index (χ2n) is 3.09. The summed E-state index contributed by atoms with van der Waals surface area (Å²) in [5, 5.41) is 3.32. The first-order chi connectivity index (χ1) is 6.65. The number of hydrogen-bond donors (Lipinski definition) is 1. The molecule has 0 amide bonds. The highest BCUT2D eigenvalue weighted by Gasteiger charge is 2.06. The van der Waals surface area contributed by atoms with Crippen molar-refractivity contribution >= 4 is 11.6 Å². The van der Waals surface area contributed by atoms with Crippen molar-refractivity contribution in [1.29, 1.82) is 0 Å². The monoisotopic (exact) mass is 213 g/mol. The molecule has 0 fully saturated rings. The molecule has 1 aromatic rings. The van der Waals surface area contributed by atoms with Crippen molar-refractivity contribution in [2.24, 2.45) is 0 Å². The minimum Gasteiger partial charge on any atom is -0.307 e. The first-order valence-corrected chi connectivity index (χ1v) is 4.82. The molecule has 0 saturated heterocycles. The molecule has 1 unspecified atom stereocenters. The van der Waals surface area contributed by atoms with Gasteiger partial charge in [0.15, 0.2) is 0 Å². The van der Waals surface area contributed by atoms with Crippen LogP contribution in [0, 0.1) is 5.82 Å². The van der Waals surface area contributed by atoms with Crippen LogP contribution in [0.5, 0.6) is 0 Å². The van der Waals surface area contributed by atoms with Gasteiger partial charge in [-0.3, -0.25) is 0 Å². The van der Waals surface area contributed by atoms with Gasteiger partial charge in [0.2, 0.25) is 0 Å². The Morgan fingerprint density at radius 1 is 1.64 bits per heavy atom. The number of nitrogens with one attached hydrogen (secondary N) is 1. The minimum atomic E-state index is -0.378. The SMILES string of the molecule is C=CCNC(C)c1ccc(Cl)c(F)c1. The van der Waals surface area contributed by atoms with E-state index in [1.165, 1.54) is 6.07 Å². The van der Waals surface area contributed by atoms with E-state index in [2.05, 4.69) is 11.9 Å². The molecule has 0 aromatic heterocycles. The van der Waals surface area contributed by atoms with Gasteiger partial charge in [0, 0.05) is 12.6 Å². The molecule has 76 valence electrons. The second-order valence-corrected chi connectivity index (χ2v) is 3.50. The zero-order valence-electron chi connectivity index (χ0n) is 8.06. The summed E-state index contributed by atoms with van der Waals surface area (Å²) >= 11 is 5.58. The van der Waals surface area contributed by atoms with Gasteiger partial charge in [0.1, 0.15) is 5.82 Å². The van der Waals surface area contributed by atoms with Crippen LogP contribution in [0.25, 0.3) is 0 Å². The van der Waals surface area contributed by atoms with Gasteiger partial charge in [0.05, 0.1) is 5.02 Å². The molecule has 0 radical (unpaired) electrons. The van der Waals surface area contributed by atoms with Crippen molar-refractivity contribution in [2.75, 3.05) is 6.54 Å². The van der Waals surface area contributed by atoms with Crippen LogP contribution in [-0.4, -0.2) is 6.54 Å². The van der Waals surface area contributed by atoms with Crippen LogP contribution in [0.4, 0.5) is 4.39 Å². The molecule has 0 aliphatic rings. The lowest BCUT2D eigenvalue weighted by Crippen LogP contribution is -2.18. The Hall–Kier alpha value is -0.860. The summed E-state index contributed by atoms with van der Waals surface area (Å²) < 4.78 is 13.1. The fraction of sp³-hybridized carbons (Fsp3) is 0.273. The van der Waals surface area contributed by atoms with E-state index in [9.17, 15) is 4.39 Å². The summed E-state index contributed by atoms with van der Waals surface area (Å²) in [5.41, 5.74) is 0.883. The topological polar surface area (TPSA) is 12.0 Å². The summed E-state index contributed by atoms with van der Waals surface area (Å²) in [6.07, 6.45) is 1.77. The van der Waals surface area contributed by atoms with Gasteiger partial charge in [-0.15, -0.1) is 6.58 Å². The largest absolute Gasteiger partial charge is 0.307 e. The van der Waals surface area contributed by atoms with Crippen molar-refractivity contribution < 1.29 is 4.39 Å². The van der Waals surface area contributed by atoms with Gasteiger partial charge in [-0.25, -0.2) is 4.39 Å². The molecule has 1 rings (SSSR count). The third-order valence-electron chi connectivity index (χ3n) is 2.01. The number of halogens is 2. The van der Waals surface area contributed by atoms with Crippen LogP contribution < -0.4 is 5.32 Å². The molecule has 1 nitrogen and oxygen atoms in total. The summed E-state index contributed by atoms with van der Waals surface area (Å²) in [6.45, 7) is 6.26. The van der Waals surface area contributed by atoms with E-state index in [0.29, 0.717) is 6.54 Å². The van der Waals surface area contributed by atoms with Crippen molar-refractivity contribution in [3.8, 4) is 0 Å². The fourth-order valence-corrected chi connectivity index (χ4v) is 1.28. The molecule has 3 heteroatoms. The van der Waals surface area contributed by atoms with Crippen molar-refractivity contribution in [2.45, 2.75) is 13.0 Å². The van der Waals surface area contributed by atoms with Crippen LogP contribution in [0.2, 0.25) is 5.02 Å². The predicted molar refractivity (Wildman–Crippen MR) is 58.0 cm³/mol. The highest BCUT2D eigenvalue weighted by atomic mass is 35.5. The highest BCUT2D eigenvalue weighted by molar-refractivity contribution is 6.30. The Bertz CT molecular complexity index is 325. The van der Waals surface area contributed by atoms with Gasteiger partial charge in [-0.05, 0) is 24.6 Å². The quantitative estimate of drug-likeness (QED) is 0.757. The lowest BCUT2D eigenvalue weighted by molar-refractivity contribution is 0.595. The van der Waals surface area contributed by atoms with Gasteiger partial charge < -0.3 is 5.32 Å². The first-order valence-electron chi connectivity index (χ1n) is 4.44. The Balaban J connectivity index is 2.75. The summed E-state index contributed by atoms with van der Waals surface area (Å²) in [5.74, 6) is -0.378. The molecule has 0 aliphatic heterocycles. The molecule has 14 heavy (non-hydrogen) atoms. The normalized spacial score (nSPS) is 12.5. The van der Waals surface area contributed by atoms with Crippen LogP contribution in [0.3, 0.4) is 0 Å². The molecule has 0 aliphatic carbocycles. The maximum absolute atomic E-state index is 13.1. The van der Waals surface area contributed by atoms with Gasteiger partial charge in [0.25, 0.3) is 0 Å². The van der Waals surface area contributed by atoms with Crippen LogP contribution in [-0.2, 0) is 0 Å². The minimum absolute atomic E-state index is 0.0970. The third kappa shape index (κ3) is 2.82. The average Bonchev–Trinajstić information content (AvgIpc) is 2.18. The van der Waals surface area contributed by atoms with Crippen LogP contribution in [0.15, 0.2) is 30.9 Å². The number of hydrogen-bond acceptors (Lipinski definition) is 1. The van der Waals surface area contributed by atoms with Gasteiger partial charge >= 0.3 is 0 Å². The van der Waals surface area contributed by atoms with Crippen molar-refractivity contribution in [3.63, 3.8) is 0 Å². The van der Waals surface area contributed by atoms with Crippen LogP contribution >= 0.6 is 11.6 Å². The molecule has 1 N–H and O–H groups in total. The average molecular weight is 214 g/mol. The molecule has 1 aromatic carbocycles.